The van der Waals surface area contributed by atoms with Crippen LogP contribution < -0.4 is 10.1 Å². The summed E-state index contributed by atoms with van der Waals surface area (Å²) >= 11 is 9.24. The van der Waals surface area contributed by atoms with Crippen molar-refractivity contribution >= 4 is 33.4 Å². The smallest absolute Gasteiger partial charge is 0.255 e. The number of amides is 1. The minimum atomic E-state index is -0.273. The first-order valence-corrected chi connectivity index (χ1v) is 7.11. The molecule has 0 aliphatic heterocycles. The molecule has 0 heterocycles. The average Bonchev–Trinajstić information content (AvgIpc) is 2.27. The van der Waals surface area contributed by atoms with Gasteiger partial charge in [0, 0.05) is 15.9 Å². The summed E-state index contributed by atoms with van der Waals surface area (Å²) in [6.07, 6.45) is 0.842. The van der Waals surface area contributed by atoms with Crippen LogP contribution in [0.1, 0.15) is 30.6 Å². The number of halogens is 2. The molecular weight excluding hydrogens is 318 g/mol. The number of rotatable bonds is 5. The van der Waals surface area contributed by atoms with Crippen molar-refractivity contribution in [3.63, 3.8) is 0 Å². The fourth-order valence-corrected chi connectivity index (χ4v) is 2.68. The van der Waals surface area contributed by atoms with Crippen LogP contribution in [0.2, 0.25) is 5.02 Å². The van der Waals surface area contributed by atoms with Gasteiger partial charge in [0.1, 0.15) is 5.75 Å². The van der Waals surface area contributed by atoms with E-state index in [9.17, 15) is 4.79 Å². The molecule has 0 bridgehead atoms. The molecule has 0 radical (unpaired) electrons. The van der Waals surface area contributed by atoms with Crippen LogP contribution in [0.5, 0.6) is 5.75 Å². The van der Waals surface area contributed by atoms with Gasteiger partial charge in [-0.25, -0.2) is 0 Å². The van der Waals surface area contributed by atoms with Crippen molar-refractivity contribution in [1.82, 2.24) is 5.32 Å². The van der Waals surface area contributed by atoms with Gasteiger partial charge in [0.15, 0.2) is 0 Å². The van der Waals surface area contributed by atoms with Gasteiger partial charge in [0.2, 0.25) is 0 Å². The molecule has 18 heavy (non-hydrogen) atoms. The number of carbonyl (C=O) groups excluding carboxylic acids is 1. The Balaban J connectivity index is 2.91. The Morgan fingerprint density at radius 2 is 2.17 bits per heavy atom. The zero-order valence-electron chi connectivity index (χ0n) is 10.7. The topological polar surface area (TPSA) is 38.3 Å². The molecule has 5 heteroatoms. The Bertz CT molecular complexity index is 435. The number of benzene rings is 1. The molecule has 0 spiro atoms. The van der Waals surface area contributed by atoms with Crippen LogP contribution in [-0.2, 0) is 0 Å². The van der Waals surface area contributed by atoms with Crippen molar-refractivity contribution in [3.05, 3.63) is 28.8 Å². The van der Waals surface area contributed by atoms with E-state index in [2.05, 4.69) is 21.2 Å². The lowest BCUT2D eigenvalue weighted by Crippen LogP contribution is -2.43. The molecule has 1 amide bonds. The monoisotopic (exact) mass is 333 g/mol. The second-order valence-electron chi connectivity index (χ2n) is 4.62. The number of hydrogen-bond acceptors (Lipinski definition) is 2. The van der Waals surface area contributed by atoms with Gasteiger partial charge in [-0.1, -0.05) is 27.5 Å². The molecule has 0 atom stereocenters. The Labute approximate surface area is 121 Å². The van der Waals surface area contributed by atoms with E-state index in [0.29, 0.717) is 16.3 Å². The number of hydrogen-bond donors (Lipinski definition) is 1. The van der Waals surface area contributed by atoms with E-state index in [4.69, 9.17) is 16.3 Å². The van der Waals surface area contributed by atoms with Gasteiger partial charge < -0.3 is 10.1 Å². The van der Waals surface area contributed by atoms with E-state index < -0.39 is 0 Å². The van der Waals surface area contributed by atoms with Gasteiger partial charge in [-0.05, 0) is 38.5 Å². The standard InChI is InChI=1S/C13H17BrClNO2/c1-13(2,6-7-14)16-12(17)10-5-4-9(15)8-11(10)18-3/h4-5,8H,6-7H2,1-3H3,(H,16,17). The second kappa shape index (κ2) is 6.43. The van der Waals surface area contributed by atoms with E-state index in [-0.39, 0.29) is 11.4 Å². The molecule has 1 aromatic rings. The molecule has 1 rings (SSSR count). The third-order valence-electron chi connectivity index (χ3n) is 2.58. The fourth-order valence-electron chi connectivity index (χ4n) is 1.53. The highest BCUT2D eigenvalue weighted by Crippen LogP contribution is 2.24. The van der Waals surface area contributed by atoms with Crippen LogP contribution in [0.4, 0.5) is 0 Å². The van der Waals surface area contributed by atoms with Crippen molar-refractivity contribution < 1.29 is 9.53 Å². The van der Waals surface area contributed by atoms with E-state index in [1.807, 2.05) is 13.8 Å². The van der Waals surface area contributed by atoms with Crippen LogP contribution in [0.25, 0.3) is 0 Å². The van der Waals surface area contributed by atoms with Crippen molar-refractivity contribution in [1.29, 1.82) is 0 Å². The van der Waals surface area contributed by atoms with Crippen molar-refractivity contribution in [2.45, 2.75) is 25.8 Å². The Hall–Kier alpha value is -0.740. The lowest BCUT2D eigenvalue weighted by molar-refractivity contribution is 0.0909. The molecule has 100 valence electrons. The highest BCUT2D eigenvalue weighted by atomic mass is 79.9. The molecule has 0 unspecified atom stereocenters. The van der Waals surface area contributed by atoms with Crippen molar-refractivity contribution in [2.75, 3.05) is 12.4 Å². The maximum atomic E-state index is 12.2. The lowest BCUT2D eigenvalue weighted by Gasteiger charge is -2.25. The van der Waals surface area contributed by atoms with Crippen molar-refractivity contribution in [2.24, 2.45) is 0 Å². The second-order valence-corrected chi connectivity index (χ2v) is 5.85. The van der Waals surface area contributed by atoms with Crippen LogP contribution in [0.15, 0.2) is 18.2 Å². The summed E-state index contributed by atoms with van der Waals surface area (Å²) in [5.41, 5.74) is 0.218. The number of alkyl halides is 1. The minimum Gasteiger partial charge on any atom is -0.496 e. The molecule has 0 aliphatic rings. The van der Waals surface area contributed by atoms with Gasteiger partial charge in [0.05, 0.1) is 12.7 Å². The largest absolute Gasteiger partial charge is 0.496 e. The molecule has 0 saturated heterocycles. The number of ether oxygens (including phenoxy) is 1. The molecule has 0 aromatic heterocycles. The van der Waals surface area contributed by atoms with Gasteiger partial charge in [0.25, 0.3) is 5.91 Å². The lowest BCUT2D eigenvalue weighted by atomic mass is 10.0. The van der Waals surface area contributed by atoms with Gasteiger partial charge in [-0.2, -0.15) is 0 Å². The van der Waals surface area contributed by atoms with Crippen LogP contribution in [0, 0.1) is 0 Å². The summed E-state index contributed by atoms with van der Waals surface area (Å²) in [6, 6.07) is 4.98. The first-order chi connectivity index (χ1) is 8.39. The minimum absolute atomic E-state index is 0.158. The number of carbonyl (C=O) groups is 1. The maximum absolute atomic E-state index is 12.2. The quantitative estimate of drug-likeness (QED) is 0.835. The Kier molecular flexibility index (Phi) is 5.47. The molecule has 1 aromatic carbocycles. The summed E-state index contributed by atoms with van der Waals surface area (Å²) in [7, 11) is 1.52. The summed E-state index contributed by atoms with van der Waals surface area (Å²) in [5, 5.41) is 4.35. The molecular formula is C13H17BrClNO2. The SMILES string of the molecule is COc1cc(Cl)ccc1C(=O)NC(C)(C)CCBr. The summed E-state index contributed by atoms with van der Waals surface area (Å²) in [4.78, 5) is 12.2. The zero-order chi connectivity index (χ0) is 13.8. The third-order valence-corrected chi connectivity index (χ3v) is 3.21. The zero-order valence-corrected chi connectivity index (χ0v) is 13.1. The van der Waals surface area contributed by atoms with E-state index in [1.165, 1.54) is 7.11 Å². The van der Waals surface area contributed by atoms with Crippen LogP contribution in [-0.4, -0.2) is 23.9 Å². The summed E-state index contributed by atoms with van der Waals surface area (Å²) < 4.78 is 5.17. The molecule has 1 N–H and O–H groups in total. The van der Waals surface area contributed by atoms with Gasteiger partial charge in [-0.15, -0.1) is 0 Å². The first-order valence-electron chi connectivity index (χ1n) is 5.61. The highest BCUT2D eigenvalue weighted by molar-refractivity contribution is 9.09. The highest BCUT2D eigenvalue weighted by Gasteiger charge is 2.22. The summed E-state index contributed by atoms with van der Waals surface area (Å²) in [5.74, 6) is 0.323. The predicted molar refractivity (Wildman–Crippen MR) is 78.0 cm³/mol. The van der Waals surface area contributed by atoms with E-state index >= 15 is 0 Å². The summed E-state index contributed by atoms with van der Waals surface area (Å²) in [6.45, 7) is 3.96. The molecule has 0 aliphatic carbocycles. The predicted octanol–water partition coefficient (Wildman–Crippen LogP) is 3.64. The van der Waals surface area contributed by atoms with Crippen LogP contribution >= 0.6 is 27.5 Å². The molecule has 3 nitrogen and oxygen atoms in total. The molecule has 0 saturated carbocycles. The normalized spacial score (nSPS) is 11.2. The Morgan fingerprint density at radius 1 is 1.50 bits per heavy atom. The fraction of sp³-hybridized carbons (Fsp3) is 0.462. The van der Waals surface area contributed by atoms with Crippen LogP contribution in [0.3, 0.4) is 0 Å². The van der Waals surface area contributed by atoms with Gasteiger partial charge in [-0.3, -0.25) is 4.79 Å². The Morgan fingerprint density at radius 3 is 2.72 bits per heavy atom. The van der Waals surface area contributed by atoms with E-state index in [0.717, 1.165) is 11.8 Å². The number of nitrogens with one attached hydrogen (secondary N) is 1. The van der Waals surface area contributed by atoms with E-state index in [1.54, 1.807) is 18.2 Å². The number of methoxy groups -OCH3 is 1. The first kappa shape index (κ1) is 15.3. The maximum Gasteiger partial charge on any atom is 0.255 e. The average molecular weight is 335 g/mol. The van der Waals surface area contributed by atoms with Gasteiger partial charge >= 0.3 is 0 Å². The third kappa shape index (κ3) is 4.18. The molecule has 0 fully saturated rings. The van der Waals surface area contributed by atoms with Crippen molar-refractivity contribution in [3.8, 4) is 5.75 Å².